The van der Waals surface area contributed by atoms with Crippen molar-refractivity contribution in [3.63, 3.8) is 0 Å². The minimum atomic E-state index is -0.821. The molecular formula is C26H23N9O3. The van der Waals surface area contributed by atoms with Crippen molar-refractivity contribution in [2.24, 2.45) is 5.92 Å². The number of aliphatic carboxylic acids is 1. The molecular weight excluding hydrogens is 486 g/mol. The maximum atomic E-state index is 12.9. The third kappa shape index (κ3) is 5.31. The van der Waals surface area contributed by atoms with Crippen LogP contribution in [0.3, 0.4) is 0 Å². The lowest BCUT2D eigenvalue weighted by Gasteiger charge is -2.29. The van der Waals surface area contributed by atoms with Gasteiger partial charge in [-0.3, -0.25) is 9.59 Å². The average Bonchev–Trinajstić information content (AvgIpc) is 3.41. The van der Waals surface area contributed by atoms with Crippen molar-refractivity contribution in [3.8, 4) is 28.7 Å². The van der Waals surface area contributed by atoms with Gasteiger partial charge in [0.15, 0.2) is 0 Å². The number of nitrogens with zero attached hydrogens (tertiary/aromatic N) is 8. The summed E-state index contributed by atoms with van der Waals surface area (Å²) in [6, 6.07) is 16.1. The highest BCUT2D eigenvalue weighted by Gasteiger charge is 2.28. The van der Waals surface area contributed by atoms with E-state index >= 15 is 0 Å². The van der Waals surface area contributed by atoms with Gasteiger partial charge in [-0.2, -0.15) is 5.26 Å². The fraction of sp³-hybridized carbons (Fsp3) is 0.231. The molecule has 190 valence electrons. The van der Waals surface area contributed by atoms with Crippen LogP contribution in [0.2, 0.25) is 0 Å². The summed E-state index contributed by atoms with van der Waals surface area (Å²) in [4.78, 5) is 38.8. The molecule has 3 N–H and O–H groups in total. The highest BCUT2D eigenvalue weighted by atomic mass is 16.4. The lowest BCUT2D eigenvalue weighted by Crippen LogP contribution is -2.40. The third-order valence-corrected chi connectivity index (χ3v) is 6.31. The fourth-order valence-corrected chi connectivity index (χ4v) is 4.33. The second-order valence-electron chi connectivity index (χ2n) is 8.91. The molecule has 0 atom stereocenters. The Bertz CT molecular complexity index is 1550. The number of anilines is 1. The first-order chi connectivity index (χ1) is 18.4. The molecule has 0 aliphatic carbocycles. The molecule has 3 aromatic heterocycles. The van der Waals surface area contributed by atoms with E-state index in [1.165, 1.54) is 0 Å². The Kier molecular flexibility index (Phi) is 6.73. The molecule has 1 amide bonds. The van der Waals surface area contributed by atoms with Gasteiger partial charge in [0.05, 0.1) is 47.4 Å². The van der Waals surface area contributed by atoms with E-state index in [4.69, 9.17) is 5.73 Å². The second-order valence-corrected chi connectivity index (χ2v) is 8.91. The maximum absolute atomic E-state index is 12.9. The van der Waals surface area contributed by atoms with Gasteiger partial charge in [0, 0.05) is 18.7 Å². The number of rotatable bonds is 6. The van der Waals surface area contributed by atoms with E-state index < -0.39 is 11.9 Å². The third-order valence-electron chi connectivity index (χ3n) is 6.31. The standard InChI is InChI=1S/C26H23N9O3/c27-13-16-3-1-4-18(11-16)21-12-22(31-26(28)30-21)23-15-35(33-32-23)14-19-5-2-6-20(29-19)24(36)34-9-7-17(8-10-34)25(37)38/h1-6,11-12,15,17H,7-10,14H2,(H,37,38)(H2,28,30,31). The monoisotopic (exact) mass is 509 g/mol. The predicted octanol–water partition coefficient (Wildman–Crippen LogP) is 2.24. The van der Waals surface area contributed by atoms with Gasteiger partial charge in [-0.15, -0.1) is 5.10 Å². The number of amides is 1. The largest absolute Gasteiger partial charge is 0.481 e. The Morgan fingerprint density at radius 1 is 1.03 bits per heavy atom. The molecule has 1 saturated heterocycles. The van der Waals surface area contributed by atoms with Gasteiger partial charge in [-0.1, -0.05) is 23.4 Å². The van der Waals surface area contributed by atoms with Crippen molar-refractivity contribution < 1.29 is 14.7 Å². The number of carbonyl (C=O) groups is 2. The number of nitrogen functional groups attached to an aromatic ring is 1. The van der Waals surface area contributed by atoms with Gasteiger partial charge in [0.2, 0.25) is 5.95 Å². The van der Waals surface area contributed by atoms with Gasteiger partial charge in [0.25, 0.3) is 5.91 Å². The molecule has 1 aliphatic rings. The molecule has 1 aromatic carbocycles. The summed E-state index contributed by atoms with van der Waals surface area (Å²) in [5.41, 5.74) is 9.60. The number of likely N-dealkylation sites (tertiary alicyclic amines) is 1. The lowest BCUT2D eigenvalue weighted by molar-refractivity contribution is -0.143. The van der Waals surface area contributed by atoms with Crippen LogP contribution >= 0.6 is 0 Å². The Morgan fingerprint density at radius 2 is 1.79 bits per heavy atom. The van der Waals surface area contributed by atoms with E-state index in [0.29, 0.717) is 60.0 Å². The topological polar surface area (TPSA) is 177 Å². The van der Waals surface area contributed by atoms with Crippen molar-refractivity contribution in [1.82, 2.24) is 34.8 Å². The average molecular weight is 510 g/mol. The summed E-state index contributed by atoms with van der Waals surface area (Å²) in [5, 5.41) is 26.7. The normalized spacial score (nSPS) is 13.7. The van der Waals surface area contributed by atoms with Crippen LogP contribution in [-0.4, -0.2) is 64.9 Å². The summed E-state index contributed by atoms with van der Waals surface area (Å²) in [6.45, 7) is 1.05. The minimum absolute atomic E-state index is 0.0645. The van der Waals surface area contributed by atoms with Gasteiger partial charge < -0.3 is 15.7 Å². The van der Waals surface area contributed by atoms with E-state index in [-0.39, 0.29) is 18.4 Å². The number of benzene rings is 1. The summed E-state index contributed by atoms with van der Waals surface area (Å²) < 4.78 is 1.58. The molecule has 0 unspecified atom stereocenters. The zero-order chi connectivity index (χ0) is 26.6. The van der Waals surface area contributed by atoms with E-state index in [1.807, 2.05) is 6.07 Å². The SMILES string of the molecule is N#Cc1cccc(-c2cc(-c3cn(Cc4cccc(C(=O)N5CCC(C(=O)O)CC5)n4)nn3)nc(N)n2)c1. The number of hydrogen-bond acceptors (Lipinski definition) is 9. The van der Waals surface area contributed by atoms with Crippen molar-refractivity contribution in [3.05, 3.63) is 71.7 Å². The molecule has 0 saturated carbocycles. The number of piperidine rings is 1. The van der Waals surface area contributed by atoms with Crippen LogP contribution in [0.1, 0.15) is 34.6 Å². The van der Waals surface area contributed by atoms with Crippen molar-refractivity contribution >= 4 is 17.8 Å². The van der Waals surface area contributed by atoms with Gasteiger partial charge in [-0.05, 0) is 43.2 Å². The number of aromatic nitrogens is 6. The molecule has 12 heteroatoms. The maximum Gasteiger partial charge on any atom is 0.306 e. The Labute approximate surface area is 217 Å². The first-order valence-electron chi connectivity index (χ1n) is 11.9. The predicted molar refractivity (Wildman–Crippen MR) is 135 cm³/mol. The zero-order valence-corrected chi connectivity index (χ0v) is 20.2. The van der Waals surface area contributed by atoms with Crippen LogP contribution in [-0.2, 0) is 11.3 Å². The molecule has 1 aliphatic heterocycles. The molecule has 1 fully saturated rings. The Balaban J connectivity index is 1.31. The van der Waals surface area contributed by atoms with Crippen molar-refractivity contribution in [2.45, 2.75) is 19.4 Å². The lowest BCUT2D eigenvalue weighted by atomic mass is 9.97. The van der Waals surface area contributed by atoms with Crippen molar-refractivity contribution in [2.75, 3.05) is 18.8 Å². The van der Waals surface area contributed by atoms with Gasteiger partial charge in [-0.25, -0.2) is 19.6 Å². The second kappa shape index (κ2) is 10.4. The number of pyridine rings is 1. The van der Waals surface area contributed by atoms with E-state index in [1.54, 1.807) is 58.2 Å². The van der Waals surface area contributed by atoms with E-state index in [2.05, 4.69) is 31.3 Å². The van der Waals surface area contributed by atoms with Gasteiger partial charge in [0.1, 0.15) is 11.4 Å². The number of hydrogen-bond donors (Lipinski definition) is 2. The van der Waals surface area contributed by atoms with Crippen LogP contribution in [0.25, 0.3) is 22.6 Å². The zero-order valence-electron chi connectivity index (χ0n) is 20.2. The summed E-state index contributed by atoms with van der Waals surface area (Å²) >= 11 is 0. The molecule has 4 heterocycles. The minimum Gasteiger partial charge on any atom is -0.481 e. The van der Waals surface area contributed by atoms with Crippen LogP contribution in [0.4, 0.5) is 5.95 Å². The highest BCUT2D eigenvalue weighted by molar-refractivity contribution is 5.92. The Hall–Kier alpha value is -5.18. The molecule has 0 spiro atoms. The quantitative estimate of drug-likeness (QED) is 0.392. The number of carboxylic acids is 1. The smallest absolute Gasteiger partial charge is 0.306 e. The molecule has 0 bridgehead atoms. The number of nitriles is 1. The van der Waals surface area contributed by atoms with Crippen LogP contribution < -0.4 is 5.73 Å². The Morgan fingerprint density at radius 3 is 2.55 bits per heavy atom. The molecule has 0 radical (unpaired) electrons. The fourth-order valence-electron chi connectivity index (χ4n) is 4.33. The molecule has 12 nitrogen and oxygen atoms in total. The van der Waals surface area contributed by atoms with Crippen molar-refractivity contribution in [1.29, 1.82) is 5.26 Å². The van der Waals surface area contributed by atoms with E-state index in [0.717, 1.165) is 5.56 Å². The van der Waals surface area contributed by atoms with Crippen LogP contribution in [0.5, 0.6) is 0 Å². The first-order valence-corrected chi connectivity index (χ1v) is 11.9. The summed E-state index contributed by atoms with van der Waals surface area (Å²) in [7, 11) is 0. The van der Waals surface area contributed by atoms with Crippen LogP contribution in [0, 0.1) is 17.2 Å². The molecule has 5 rings (SSSR count). The highest BCUT2D eigenvalue weighted by Crippen LogP contribution is 2.24. The van der Waals surface area contributed by atoms with Crippen LogP contribution in [0.15, 0.2) is 54.7 Å². The molecule has 38 heavy (non-hydrogen) atoms. The first kappa shape index (κ1) is 24.5. The van der Waals surface area contributed by atoms with E-state index in [9.17, 15) is 20.0 Å². The summed E-state index contributed by atoms with van der Waals surface area (Å²) in [5.74, 6) is -1.39. The summed E-state index contributed by atoms with van der Waals surface area (Å²) in [6.07, 6.45) is 2.56. The van der Waals surface area contributed by atoms with Gasteiger partial charge >= 0.3 is 5.97 Å². The molecule has 4 aromatic rings. The number of nitrogens with two attached hydrogens (primary N) is 1. The number of carbonyl (C=O) groups excluding carboxylic acids is 1. The number of carboxylic acid groups (broad SMARTS) is 1.